The van der Waals surface area contributed by atoms with Crippen molar-refractivity contribution >= 4 is 11.8 Å². The standard InChI is InChI=1S/C13H19N3O2.C2H6/c1-14-8-10-2-3-12(15-9-10)16-6-4-11(5-7-16)13(17)18;1-2/h2-3,9,11,14H,4-8H2,1H3,(H,17,18);1-2H3. The summed E-state index contributed by atoms with van der Waals surface area (Å²) in [7, 11) is 1.91. The highest BCUT2D eigenvalue weighted by molar-refractivity contribution is 5.70. The van der Waals surface area contributed by atoms with Gasteiger partial charge in [0.05, 0.1) is 5.92 Å². The smallest absolute Gasteiger partial charge is 0.306 e. The molecule has 1 fully saturated rings. The monoisotopic (exact) mass is 279 g/mol. The molecule has 20 heavy (non-hydrogen) atoms. The number of anilines is 1. The summed E-state index contributed by atoms with van der Waals surface area (Å²) in [5.41, 5.74) is 1.15. The van der Waals surface area contributed by atoms with Crippen LogP contribution in [-0.2, 0) is 11.3 Å². The topological polar surface area (TPSA) is 65.5 Å². The zero-order chi connectivity index (χ0) is 15.0. The second kappa shape index (κ2) is 8.53. The van der Waals surface area contributed by atoms with Crippen molar-refractivity contribution in [3.63, 3.8) is 0 Å². The quantitative estimate of drug-likeness (QED) is 0.884. The summed E-state index contributed by atoms with van der Waals surface area (Å²) in [6.07, 6.45) is 3.28. The average molecular weight is 279 g/mol. The van der Waals surface area contributed by atoms with Crippen LogP contribution in [0.2, 0.25) is 0 Å². The molecule has 0 saturated carbocycles. The molecule has 112 valence electrons. The molecule has 0 radical (unpaired) electrons. The van der Waals surface area contributed by atoms with Crippen molar-refractivity contribution in [2.45, 2.75) is 33.2 Å². The normalized spacial score (nSPS) is 15.4. The van der Waals surface area contributed by atoms with Crippen LogP contribution in [-0.4, -0.2) is 36.2 Å². The number of rotatable bonds is 4. The van der Waals surface area contributed by atoms with Crippen LogP contribution >= 0.6 is 0 Å². The molecular formula is C15H25N3O2. The van der Waals surface area contributed by atoms with E-state index < -0.39 is 5.97 Å². The molecule has 0 bridgehead atoms. The van der Waals surface area contributed by atoms with Crippen LogP contribution in [0.1, 0.15) is 32.3 Å². The Balaban J connectivity index is 0.000000956. The Hall–Kier alpha value is -1.62. The molecule has 5 nitrogen and oxygen atoms in total. The van der Waals surface area contributed by atoms with E-state index in [1.54, 1.807) is 0 Å². The van der Waals surface area contributed by atoms with E-state index in [1.807, 2.05) is 33.2 Å². The molecular weight excluding hydrogens is 254 g/mol. The van der Waals surface area contributed by atoms with Crippen LogP contribution in [0, 0.1) is 5.92 Å². The van der Waals surface area contributed by atoms with Crippen LogP contribution < -0.4 is 10.2 Å². The van der Waals surface area contributed by atoms with Gasteiger partial charge in [-0.3, -0.25) is 4.79 Å². The van der Waals surface area contributed by atoms with Crippen molar-refractivity contribution in [3.05, 3.63) is 23.9 Å². The highest BCUT2D eigenvalue weighted by atomic mass is 16.4. The number of nitrogens with zero attached hydrogens (tertiary/aromatic N) is 2. The van der Waals surface area contributed by atoms with Crippen molar-refractivity contribution in [2.75, 3.05) is 25.0 Å². The summed E-state index contributed by atoms with van der Waals surface area (Å²) in [6, 6.07) is 4.07. The zero-order valence-corrected chi connectivity index (χ0v) is 12.6. The van der Waals surface area contributed by atoms with Crippen molar-refractivity contribution in [2.24, 2.45) is 5.92 Å². The lowest BCUT2D eigenvalue weighted by Crippen LogP contribution is -2.36. The number of nitrogens with one attached hydrogen (secondary N) is 1. The van der Waals surface area contributed by atoms with Gasteiger partial charge < -0.3 is 15.3 Å². The van der Waals surface area contributed by atoms with Crippen molar-refractivity contribution < 1.29 is 9.90 Å². The minimum absolute atomic E-state index is 0.190. The maximum absolute atomic E-state index is 10.9. The SMILES string of the molecule is CC.CNCc1ccc(N2CCC(C(=O)O)CC2)nc1. The Morgan fingerprint density at radius 3 is 2.50 bits per heavy atom. The first-order valence-electron chi connectivity index (χ1n) is 7.28. The Bertz CT molecular complexity index is 398. The van der Waals surface area contributed by atoms with E-state index in [1.165, 1.54) is 0 Å². The van der Waals surface area contributed by atoms with Crippen molar-refractivity contribution in [3.8, 4) is 0 Å². The minimum Gasteiger partial charge on any atom is -0.481 e. The average Bonchev–Trinajstić information content (AvgIpc) is 2.50. The van der Waals surface area contributed by atoms with Gasteiger partial charge in [0, 0.05) is 25.8 Å². The lowest BCUT2D eigenvalue weighted by Gasteiger charge is -2.31. The molecule has 0 spiro atoms. The van der Waals surface area contributed by atoms with Gasteiger partial charge in [-0.05, 0) is 31.5 Å². The van der Waals surface area contributed by atoms with Gasteiger partial charge in [0.2, 0.25) is 0 Å². The van der Waals surface area contributed by atoms with Gasteiger partial charge in [-0.1, -0.05) is 19.9 Å². The Morgan fingerprint density at radius 1 is 1.40 bits per heavy atom. The molecule has 2 rings (SSSR count). The number of aliphatic carboxylic acids is 1. The molecule has 5 heteroatoms. The van der Waals surface area contributed by atoms with E-state index in [9.17, 15) is 4.79 Å². The van der Waals surface area contributed by atoms with E-state index >= 15 is 0 Å². The minimum atomic E-state index is -0.674. The van der Waals surface area contributed by atoms with Gasteiger partial charge in [0.25, 0.3) is 0 Å². The van der Waals surface area contributed by atoms with Gasteiger partial charge in [0.1, 0.15) is 5.82 Å². The van der Waals surface area contributed by atoms with Gasteiger partial charge in [-0.15, -0.1) is 0 Å². The number of piperidine rings is 1. The first-order valence-corrected chi connectivity index (χ1v) is 7.28. The number of hydrogen-bond acceptors (Lipinski definition) is 4. The molecule has 1 aromatic rings. The molecule has 2 N–H and O–H groups in total. The van der Waals surface area contributed by atoms with Gasteiger partial charge in [0.15, 0.2) is 0 Å². The first kappa shape index (κ1) is 16.4. The fraction of sp³-hybridized carbons (Fsp3) is 0.600. The van der Waals surface area contributed by atoms with Crippen LogP contribution in [0.4, 0.5) is 5.82 Å². The largest absolute Gasteiger partial charge is 0.481 e. The van der Waals surface area contributed by atoms with Crippen LogP contribution in [0.3, 0.4) is 0 Å². The molecule has 0 atom stereocenters. The third-order valence-electron chi connectivity index (χ3n) is 3.36. The van der Waals surface area contributed by atoms with Gasteiger partial charge >= 0.3 is 5.97 Å². The van der Waals surface area contributed by atoms with E-state index in [-0.39, 0.29) is 5.92 Å². The summed E-state index contributed by atoms with van der Waals surface area (Å²) in [6.45, 7) is 6.36. The molecule has 0 aliphatic carbocycles. The van der Waals surface area contributed by atoms with E-state index in [0.717, 1.165) is 31.0 Å². The number of hydrogen-bond donors (Lipinski definition) is 2. The van der Waals surface area contributed by atoms with Gasteiger partial charge in [-0.25, -0.2) is 4.98 Å². The lowest BCUT2D eigenvalue weighted by molar-refractivity contribution is -0.142. The van der Waals surface area contributed by atoms with Crippen molar-refractivity contribution in [1.29, 1.82) is 0 Å². The summed E-state index contributed by atoms with van der Waals surface area (Å²) >= 11 is 0. The zero-order valence-electron chi connectivity index (χ0n) is 12.6. The highest BCUT2D eigenvalue weighted by Crippen LogP contribution is 2.21. The first-order chi connectivity index (χ1) is 9.70. The molecule has 1 aromatic heterocycles. The summed E-state index contributed by atoms with van der Waals surface area (Å²) < 4.78 is 0. The molecule has 1 aliphatic rings. The molecule has 1 saturated heterocycles. The second-order valence-electron chi connectivity index (χ2n) is 4.65. The molecule has 1 aliphatic heterocycles. The molecule has 2 heterocycles. The predicted molar refractivity (Wildman–Crippen MR) is 80.9 cm³/mol. The predicted octanol–water partition coefficient (Wildman–Crippen LogP) is 2.13. The number of carboxylic acid groups (broad SMARTS) is 1. The Morgan fingerprint density at radius 2 is 2.05 bits per heavy atom. The third kappa shape index (κ3) is 4.49. The third-order valence-corrected chi connectivity index (χ3v) is 3.36. The lowest BCUT2D eigenvalue weighted by atomic mass is 9.97. The van der Waals surface area contributed by atoms with Crippen LogP contribution in [0.25, 0.3) is 0 Å². The van der Waals surface area contributed by atoms with Gasteiger partial charge in [-0.2, -0.15) is 0 Å². The number of carbonyl (C=O) groups is 1. The van der Waals surface area contributed by atoms with Crippen LogP contribution in [0.5, 0.6) is 0 Å². The summed E-state index contributed by atoms with van der Waals surface area (Å²) in [5, 5.41) is 12.0. The van der Waals surface area contributed by atoms with E-state index in [2.05, 4.69) is 21.3 Å². The Kier molecular flexibility index (Phi) is 7.01. The van der Waals surface area contributed by atoms with Crippen LogP contribution in [0.15, 0.2) is 18.3 Å². The van der Waals surface area contributed by atoms with E-state index in [0.29, 0.717) is 12.8 Å². The number of carboxylic acids is 1. The maximum Gasteiger partial charge on any atom is 0.306 e. The van der Waals surface area contributed by atoms with Crippen molar-refractivity contribution in [1.82, 2.24) is 10.3 Å². The molecule has 0 amide bonds. The molecule has 0 aromatic carbocycles. The summed E-state index contributed by atoms with van der Waals surface area (Å²) in [5.74, 6) is 0.0792. The maximum atomic E-state index is 10.9. The fourth-order valence-electron chi connectivity index (χ4n) is 2.27. The Labute approximate surface area is 121 Å². The highest BCUT2D eigenvalue weighted by Gasteiger charge is 2.24. The number of pyridine rings is 1. The molecule has 0 unspecified atom stereocenters. The number of aromatic nitrogens is 1. The van der Waals surface area contributed by atoms with E-state index in [4.69, 9.17) is 5.11 Å². The second-order valence-corrected chi connectivity index (χ2v) is 4.65. The summed E-state index contributed by atoms with van der Waals surface area (Å²) in [4.78, 5) is 17.5. The fourth-order valence-corrected chi connectivity index (χ4v) is 2.27.